The molecule has 0 spiro atoms. The van der Waals surface area contributed by atoms with Gasteiger partial charge in [-0.2, -0.15) is 4.39 Å². The third-order valence-corrected chi connectivity index (χ3v) is 7.74. The second kappa shape index (κ2) is 12.7. The number of hydrogen-bond donors (Lipinski definition) is 0. The fourth-order valence-corrected chi connectivity index (χ4v) is 5.85. The molecule has 0 N–H and O–H groups in total. The smallest absolute Gasteiger partial charge is 0.200 e. The molecular weight excluding hydrogens is 409 g/mol. The third kappa shape index (κ3) is 6.78. The third-order valence-electron chi connectivity index (χ3n) is 7.74. The average Bonchev–Trinajstić information content (AvgIpc) is 2.81. The summed E-state index contributed by atoms with van der Waals surface area (Å²) in [6, 6.07) is 3.33. The first kappa shape index (κ1) is 25.2. The summed E-state index contributed by atoms with van der Waals surface area (Å²) in [5, 5.41) is 0. The van der Waals surface area contributed by atoms with Gasteiger partial charge in [0, 0.05) is 0 Å². The van der Waals surface area contributed by atoms with Gasteiger partial charge in [-0.05, 0) is 106 Å². The predicted octanol–water partition coefficient (Wildman–Crippen LogP) is 9.27. The predicted molar refractivity (Wildman–Crippen MR) is 126 cm³/mol. The molecule has 0 aromatic heterocycles. The molecule has 1 aromatic carbocycles. The van der Waals surface area contributed by atoms with Gasteiger partial charge in [-0.25, -0.2) is 8.78 Å². The molecule has 1 aromatic rings. The normalized spacial score (nSPS) is 26.8. The van der Waals surface area contributed by atoms with Gasteiger partial charge >= 0.3 is 0 Å². The zero-order valence-corrected chi connectivity index (χ0v) is 20.0. The summed E-state index contributed by atoms with van der Waals surface area (Å²) in [7, 11) is 0. The minimum Gasteiger partial charge on any atom is -0.490 e. The van der Waals surface area contributed by atoms with E-state index in [9.17, 15) is 13.2 Å². The number of rotatable bonds is 10. The van der Waals surface area contributed by atoms with Crippen molar-refractivity contribution in [2.75, 3.05) is 6.61 Å². The molecule has 2 saturated carbocycles. The number of halogens is 3. The van der Waals surface area contributed by atoms with E-state index in [1.165, 1.54) is 25.7 Å². The summed E-state index contributed by atoms with van der Waals surface area (Å²) >= 11 is 0. The maximum atomic E-state index is 14.7. The van der Waals surface area contributed by atoms with E-state index in [2.05, 4.69) is 0 Å². The molecule has 0 heterocycles. The fourth-order valence-electron chi connectivity index (χ4n) is 5.85. The Bertz CT molecular complexity index is 728. The SMILES string of the molecule is CCCOc1ccc(C2CCC(C3CCC(CC/C=C(\F)CCC)CC3)CC2)c(F)c1F. The van der Waals surface area contributed by atoms with Crippen molar-refractivity contribution in [2.24, 2.45) is 17.8 Å². The van der Waals surface area contributed by atoms with Gasteiger partial charge in [0.25, 0.3) is 0 Å². The van der Waals surface area contributed by atoms with Crippen molar-refractivity contribution >= 4 is 0 Å². The summed E-state index contributed by atoms with van der Waals surface area (Å²) < 4.78 is 47.9. The van der Waals surface area contributed by atoms with Crippen molar-refractivity contribution in [3.63, 3.8) is 0 Å². The molecular formula is C28H41F3O. The van der Waals surface area contributed by atoms with Crippen LogP contribution in [-0.4, -0.2) is 6.61 Å². The lowest BCUT2D eigenvalue weighted by molar-refractivity contribution is 0.156. The van der Waals surface area contributed by atoms with Crippen LogP contribution in [-0.2, 0) is 0 Å². The van der Waals surface area contributed by atoms with Crippen LogP contribution in [0.15, 0.2) is 24.0 Å². The monoisotopic (exact) mass is 450 g/mol. The zero-order valence-electron chi connectivity index (χ0n) is 20.0. The summed E-state index contributed by atoms with van der Waals surface area (Å²) in [5.41, 5.74) is 0.525. The topological polar surface area (TPSA) is 9.23 Å². The summed E-state index contributed by atoms with van der Waals surface area (Å²) in [5.74, 6) is 0.869. The number of ether oxygens (including phenoxy) is 1. The minimum atomic E-state index is -0.833. The van der Waals surface area contributed by atoms with Gasteiger partial charge in [0.1, 0.15) is 0 Å². The molecule has 0 saturated heterocycles. The zero-order chi connectivity index (χ0) is 22.9. The van der Waals surface area contributed by atoms with Crippen molar-refractivity contribution < 1.29 is 17.9 Å². The molecule has 0 amide bonds. The van der Waals surface area contributed by atoms with Crippen LogP contribution in [0.1, 0.15) is 109 Å². The van der Waals surface area contributed by atoms with E-state index >= 15 is 0 Å². The van der Waals surface area contributed by atoms with E-state index in [0.29, 0.717) is 24.5 Å². The highest BCUT2D eigenvalue weighted by Crippen LogP contribution is 2.45. The molecule has 0 radical (unpaired) electrons. The average molecular weight is 451 g/mol. The number of benzene rings is 1. The molecule has 1 nitrogen and oxygen atoms in total. The van der Waals surface area contributed by atoms with Crippen LogP contribution in [0, 0.1) is 29.4 Å². The molecule has 180 valence electrons. The van der Waals surface area contributed by atoms with Crippen molar-refractivity contribution in [3.05, 3.63) is 41.2 Å². The van der Waals surface area contributed by atoms with Crippen LogP contribution in [0.5, 0.6) is 5.75 Å². The Morgan fingerprint density at radius 3 is 2.19 bits per heavy atom. The van der Waals surface area contributed by atoms with Crippen molar-refractivity contribution in [2.45, 2.75) is 103 Å². The maximum absolute atomic E-state index is 14.7. The van der Waals surface area contributed by atoms with Gasteiger partial charge in [-0.3, -0.25) is 0 Å². The Morgan fingerprint density at radius 2 is 1.56 bits per heavy atom. The molecule has 3 rings (SSSR count). The Morgan fingerprint density at radius 1 is 0.906 bits per heavy atom. The molecule has 0 aliphatic heterocycles. The maximum Gasteiger partial charge on any atom is 0.200 e. The van der Waals surface area contributed by atoms with Crippen molar-refractivity contribution in [1.82, 2.24) is 0 Å². The fraction of sp³-hybridized carbons (Fsp3) is 0.714. The van der Waals surface area contributed by atoms with Gasteiger partial charge in [0.2, 0.25) is 5.82 Å². The van der Waals surface area contributed by atoms with Crippen LogP contribution < -0.4 is 4.74 Å². The van der Waals surface area contributed by atoms with Gasteiger partial charge < -0.3 is 4.74 Å². The van der Waals surface area contributed by atoms with Crippen LogP contribution in [0.4, 0.5) is 13.2 Å². The highest BCUT2D eigenvalue weighted by atomic mass is 19.2. The lowest BCUT2D eigenvalue weighted by Gasteiger charge is -2.38. The van der Waals surface area contributed by atoms with Crippen LogP contribution >= 0.6 is 0 Å². The van der Waals surface area contributed by atoms with Gasteiger partial charge in [-0.15, -0.1) is 0 Å². The van der Waals surface area contributed by atoms with Crippen LogP contribution in [0.2, 0.25) is 0 Å². The summed E-state index contributed by atoms with van der Waals surface area (Å²) in [6.45, 7) is 4.35. The molecule has 0 bridgehead atoms. The quantitative estimate of drug-likeness (QED) is 0.345. The standard InChI is InChI=1S/C28H41F3O/c1-3-6-24(29)8-5-7-20-9-11-21(12-10-20)22-13-15-23(16-14-22)25-17-18-26(32-19-4-2)28(31)27(25)30/h8,17-18,20-23H,3-7,9-16,19H2,1-2H3/b24-8-. The van der Waals surface area contributed by atoms with E-state index in [0.717, 1.165) is 63.2 Å². The van der Waals surface area contributed by atoms with Gasteiger partial charge in [0.05, 0.1) is 12.4 Å². The first-order valence-corrected chi connectivity index (χ1v) is 13.0. The van der Waals surface area contributed by atoms with E-state index < -0.39 is 11.6 Å². The van der Waals surface area contributed by atoms with Crippen LogP contribution in [0.25, 0.3) is 0 Å². The van der Waals surface area contributed by atoms with Crippen molar-refractivity contribution in [1.29, 1.82) is 0 Å². The highest BCUT2D eigenvalue weighted by molar-refractivity contribution is 5.33. The molecule has 2 fully saturated rings. The summed E-state index contributed by atoms with van der Waals surface area (Å²) in [4.78, 5) is 0. The second-order valence-corrected chi connectivity index (χ2v) is 10.0. The molecule has 0 unspecified atom stereocenters. The van der Waals surface area contributed by atoms with Gasteiger partial charge in [0.15, 0.2) is 11.6 Å². The molecule has 0 atom stereocenters. The highest BCUT2D eigenvalue weighted by Gasteiger charge is 2.32. The largest absolute Gasteiger partial charge is 0.490 e. The first-order valence-electron chi connectivity index (χ1n) is 13.0. The molecule has 2 aliphatic rings. The minimum absolute atomic E-state index is 0.0298. The Labute approximate surface area is 192 Å². The second-order valence-electron chi connectivity index (χ2n) is 10.0. The molecule has 2 aliphatic carbocycles. The van der Waals surface area contributed by atoms with E-state index in [1.807, 2.05) is 13.8 Å². The first-order chi connectivity index (χ1) is 15.5. The van der Waals surface area contributed by atoms with E-state index in [1.54, 1.807) is 18.2 Å². The summed E-state index contributed by atoms with van der Waals surface area (Å²) in [6.07, 6.45) is 15.1. The van der Waals surface area contributed by atoms with E-state index in [4.69, 9.17) is 4.74 Å². The Kier molecular flexibility index (Phi) is 9.99. The lowest BCUT2D eigenvalue weighted by atomic mass is 9.68. The van der Waals surface area contributed by atoms with E-state index in [-0.39, 0.29) is 17.5 Å². The Balaban J connectivity index is 1.44. The van der Waals surface area contributed by atoms with Gasteiger partial charge in [-0.1, -0.05) is 38.8 Å². The van der Waals surface area contributed by atoms with Crippen LogP contribution in [0.3, 0.4) is 0 Å². The number of allylic oxidation sites excluding steroid dienone is 2. The lowest BCUT2D eigenvalue weighted by Crippen LogP contribution is -2.25. The Hall–Kier alpha value is -1.45. The number of hydrogen-bond acceptors (Lipinski definition) is 1. The molecule has 4 heteroatoms. The molecule has 32 heavy (non-hydrogen) atoms. The van der Waals surface area contributed by atoms with Crippen molar-refractivity contribution in [3.8, 4) is 5.75 Å².